The lowest BCUT2D eigenvalue weighted by molar-refractivity contribution is -0.142. The van der Waals surface area contributed by atoms with Crippen molar-refractivity contribution in [2.45, 2.75) is 245 Å². The number of hydrogen-bond acceptors (Lipinski definition) is 24. The number of benzene rings is 1. The minimum absolute atomic E-state index is 0.0878. The van der Waals surface area contributed by atoms with Crippen LogP contribution in [0.25, 0.3) is 0 Å². The van der Waals surface area contributed by atoms with E-state index in [1.165, 1.54) is 25.7 Å². The van der Waals surface area contributed by atoms with E-state index in [1.54, 1.807) is 92.6 Å². The fourth-order valence-corrected chi connectivity index (χ4v) is 14.7. The highest BCUT2D eigenvalue weighted by Crippen LogP contribution is 2.25. The summed E-state index contributed by atoms with van der Waals surface area (Å²) in [5.41, 5.74) is 6.22. The number of nitrogens with zero attached hydrogens (tertiary/aromatic N) is 1. The third kappa shape index (κ3) is 38.2. The van der Waals surface area contributed by atoms with E-state index in [4.69, 9.17) is 10.8 Å². The van der Waals surface area contributed by atoms with Crippen LogP contribution in [0.3, 0.4) is 0 Å². The Hall–Kier alpha value is -11.2. The van der Waals surface area contributed by atoms with Gasteiger partial charge in [-0.2, -0.15) is 0 Å². The molecule has 0 radical (unpaired) electrons. The molecule has 15 atom stereocenters. The Morgan fingerprint density at radius 2 is 1.08 bits per heavy atom. The van der Waals surface area contributed by atoms with Crippen LogP contribution in [-0.2, 0) is 107 Å². The predicted molar refractivity (Wildman–Crippen MR) is 441 cm³/mol. The van der Waals surface area contributed by atoms with E-state index in [1.807, 2.05) is 0 Å². The fourth-order valence-electron chi connectivity index (χ4n) is 12.4. The van der Waals surface area contributed by atoms with Gasteiger partial charge >= 0.3 is 23.9 Å². The van der Waals surface area contributed by atoms with Gasteiger partial charge < -0.3 is 116 Å². The summed E-state index contributed by atoms with van der Waals surface area (Å²) in [5, 5.41) is 77.4. The monoisotopic (exact) mass is 1760 g/mol. The van der Waals surface area contributed by atoms with Crippen LogP contribution in [0.4, 0.5) is 0 Å². The highest BCUT2D eigenvalue weighted by molar-refractivity contribution is 8.76. The van der Waals surface area contributed by atoms with Gasteiger partial charge in [-0.15, -0.1) is 0 Å². The molecule has 122 heavy (non-hydrogen) atoms. The second-order valence-corrected chi connectivity index (χ2v) is 34.0. The zero-order chi connectivity index (χ0) is 91.9. The Morgan fingerprint density at radius 1 is 0.516 bits per heavy atom. The molecule has 2 aliphatic heterocycles. The average Bonchev–Trinajstić information content (AvgIpc) is 1.65. The van der Waals surface area contributed by atoms with Crippen LogP contribution in [0.15, 0.2) is 30.3 Å². The highest BCUT2D eigenvalue weighted by atomic mass is 33.1. The number of likely N-dealkylation sites (tertiary alicyclic amines) is 1. The smallest absolute Gasteiger partial charge is 0.322 e. The Morgan fingerprint density at radius 3 is 1.66 bits per heavy atom. The number of carbonyl (C=O) groups is 21. The highest BCUT2D eigenvalue weighted by Gasteiger charge is 2.41. The third-order valence-corrected chi connectivity index (χ3v) is 21.5. The summed E-state index contributed by atoms with van der Waals surface area (Å²) in [6.45, 7) is 16.1. The molecule has 2 heterocycles. The molecule has 0 aromatic heterocycles. The Kier molecular flexibility index (Phi) is 45.4. The molecule has 3 rings (SSSR count). The van der Waals surface area contributed by atoms with Crippen LogP contribution in [0.1, 0.15) is 159 Å². The summed E-state index contributed by atoms with van der Waals surface area (Å²) >= 11 is 0. The number of nitrogens with two attached hydrogens (primary N) is 1. The molecule has 680 valence electrons. The van der Waals surface area contributed by atoms with Gasteiger partial charge in [-0.3, -0.25) is 101 Å². The summed E-state index contributed by atoms with van der Waals surface area (Å²) in [6, 6.07) is -12.9. The van der Waals surface area contributed by atoms with E-state index in [0.29, 0.717) is 12.0 Å². The number of carbonyl (C=O) groups excluding carboxylic acids is 17. The topological polar surface area (TPSA) is 661 Å². The predicted octanol–water partition coefficient (Wildman–Crippen LogP) is -4.61. The average molecular weight is 1760 g/mol. The molecule has 0 aliphatic carbocycles. The van der Waals surface area contributed by atoms with Gasteiger partial charge in [-0.05, 0) is 93.9 Å². The van der Waals surface area contributed by atoms with Crippen LogP contribution < -0.4 is 90.8 Å². The molecule has 1 aromatic rings. The summed E-state index contributed by atoms with van der Waals surface area (Å²) in [5.74, 6) is -25.6. The Labute approximate surface area is 713 Å². The minimum atomic E-state index is -1.98. The van der Waals surface area contributed by atoms with Crippen molar-refractivity contribution in [3.05, 3.63) is 35.9 Å². The standard InChI is InChI=1S/C77H120N18O25S2/c1-13-41(10)63(94-71(114)51(30-60(103)104)91-67(110)46(22-24-59(101)102)87-74(117)54-20-17-25-95(54)77(120)42(11)78)75(118)81-33-57(98)84-50(29-44-18-15-14-16-19-44)69(112)92-53-36-122-121-35-52(85-56(97)32-79-55(96)31-80-65(108)45(21-23-58(99)100)86-68(111)48(27-38(4)5)89-73(53)116)72(115)90-49(28-39(6)7)70(113)93-62(40(8)9)76(119)83-43(12)64(107)88-47(26-37(2)3)66(109)82-34-61(105)106/h14-16,18-19,37-43,45-54,62-63H,13,17,20-36,78H2,1-12H3,(H,79,96)(H,80,108)(H,81,118)(H,82,109)(H,83,119)(H,84,98)(H,85,97)(H,86,111)(H,87,117)(H,88,107)(H,89,116)(H,90,115)(H,91,110)(H,92,112)(H,93,113)(H,94,114)(H,99,100)(H,101,102)(H,103,104)(H,105,106)/t41-,42-,43-,45-,46-,47-,48-,49-,50-,51-,52-,53-,54-,62-,63-/m0/s1. The summed E-state index contributed by atoms with van der Waals surface area (Å²) in [7, 11) is 1.65. The quantitative estimate of drug-likeness (QED) is 0.0274. The number of aliphatic carboxylic acids is 4. The van der Waals surface area contributed by atoms with Crippen molar-refractivity contribution in [1.29, 1.82) is 0 Å². The SMILES string of the molecule is CC[C@H](C)[C@H](NC(=O)[C@H](CC(=O)O)NC(=O)[C@H](CCC(=O)O)NC(=O)[C@@H]1CCCN1C(=O)[C@H](C)N)C(=O)NCC(=O)N[C@@H](Cc1ccccc1)C(=O)N[C@H]1CSSC[C@@H](C(=O)N[C@@H](CC(C)C)C(=O)N[C@H](C(=O)N[C@@H](C)C(=O)N[C@@H](CC(C)C)C(=O)NCC(=O)O)C(C)C)NC(=O)CNC(=O)CNC(=O)[C@H](CCC(=O)O)NC(=O)[C@H](CC(C)C)NC1=O. The Balaban J connectivity index is 2.07. The number of carboxylic acid groups (broad SMARTS) is 4. The molecule has 22 N–H and O–H groups in total. The summed E-state index contributed by atoms with van der Waals surface area (Å²) in [6.07, 6.45) is -3.36. The molecule has 0 spiro atoms. The maximum atomic E-state index is 15.0. The molecule has 2 aliphatic rings. The van der Waals surface area contributed by atoms with Gasteiger partial charge in [0.2, 0.25) is 100 Å². The largest absolute Gasteiger partial charge is 0.481 e. The van der Waals surface area contributed by atoms with E-state index in [9.17, 15) is 116 Å². The third-order valence-electron chi connectivity index (χ3n) is 19.1. The van der Waals surface area contributed by atoms with E-state index in [-0.39, 0.29) is 56.9 Å². The first-order chi connectivity index (χ1) is 57.2. The number of rotatable bonds is 43. The van der Waals surface area contributed by atoms with Crippen LogP contribution >= 0.6 is 21.6 Å². The first-order valence-corrected chi connectivity index (χ1v) is 42.6. The first-order valence-electron chi connectivity index (χ1n) is 40.2. The van der Waals surface area contributed by atoms with Gasteiger partial charge in [-0.1, -0.05) is 128 Å². The van der Waals surface area contributed by atoms with Crippen molar-refractivity contribution in [1.82, 2.24) is 90.0 Å². The van der Waals surface area contributed by atoms with Gasteiger partial charge in [0.05, 0.1) is 32.1 Å². The first kappa shape index (κ1) is 105. The zero-order valence-corrected chi connectivity index (χ0v) is 72.1. The lowest BCUT2D eigenvalue weighted by Crippen LogP contribution is -2.60. The van der Waals surface area contributed by atoms with Crippen molar-refractivity contribution in [3.63, 3.8) is 0 Å². The number of hydrogen-bond donors (Lipinski definition) is 21. The molecule has 17 amide bonds. The molecular formula is C77H120N18O25S2. The lowest BCUT2D eigenvalue weighted by Gasteiger charge is -2.29. The van der Waals surface area contributed by atoms with Gasteiger partial charge in [0.15, 0.2) is 0 Å². The molecule has 2 saturated heterocycles. The maximum absolute atomic E-state index is 15.0. The maximum Gasteiger partial charge on any atom is 0.322 e. The summed E-state index contributed by atoms with van der Waals surface area (Å²) in [4.78, 5) is 286. The molecule has 0 unspecified atom stereocenters. The van der Waals surface area contributed by atoms with Gasteiger partial charge in [0.1, 0.15) is 85.1 Å². The molecule has 0 bridgehead atoms. The normalized spacial score (nSPS) is 19.4. The van der Waals surface area contributed by atoms with Crippen LogP contribution in [0.2, 0.25) is 0 Å². The van der Waals surface area contributed by atoms with Crippen LogP contribution in [0.5, 0.6) is 0 Å². The van der Waals surface area contributed by atoms with Crippen LogP contribution in [0, 0.1) is 29.6 Å². The van der Waals surface area contributed by atoms with E-state index < -0.39 is 296 Å². The molecule has 45 heteroatoms. The molecule has 2 fully saturated rings. The van der Waals surface area contributed by atoms with Crippen molar-refractivity contribution in [2.75, 3.05) is 44.2 Å². The minimum Gasteiger partial charge on any atom is -0.481 e. The van der Waals surface area contributed by atoms with Crippen molar-refractivity contribution >= 4 is 146 Å². The molecular weight excluding hydrogens is 1640 g/mol. The van der Waals surface area contributed by atoms with Crippen molar-refractivity contribution in [3.8, 4) is 0 Å². The Bertz CT molecular complexity index is 3880. The van der Waals surface area contributed by atoms with Crippen molar-refractivity contribution in [2.24, 2.45) is 35.3 Å². The number of carboxylic acids is 4. The molecule has 1 aromatic carbocycles. The van der Waals surface area contributed by atoms with Gasteiger partial charge in [-0.25, -0.2) is 0 Å². The van der Waals surface area contributed by atoms with Crippen LogP contribution in [-0.4, -0.2) is 278 Å². The second-order valence-electron chi connectivity index (χ2n) is 31.4. The van der Waals surface area contributed by atoms with Gasteiger partial charge in [0, 0.05) is 37.3 Å². The zero-order valence-electron chi connectivity index (χ0n) is 70.5. The van der Waals surface area contributed by atoms with E-state index >= 15 is 0 Å². The molecule has 43 nitrogen and oxygen atoms in total. The number of nitrogens with one attached hydrogen (secondary N) is 16. The van der Waals surface area contributed by atoms with E-state index in [0.717, 1.165) is 21.6 Å². The van der Waals surface area contributed by atoms with Crippen molar-refractivity contribution < 1.29 is 121 Å². The fraction of sp³-hybridized carbons (Fsp3) is 0.649. The van der Waals surface area contributed by atoms with Gasteiger partial charge in [0.25, 0.3) is 0 Å². The number of amides is 17. The lowest BCUT2D eigenvalue weighted by atomic mass is 9.97. The summed E-state index contributed by atoms with van der Waals surface area (Å²) < 4.78 is 0. The molecule has 0 saturated carbocycles. The van der Waals surface area contributed by atoms with E-state index in [2.05, 4.69) is 85.1 Å². The second kappa shape index (κ2) is 52.8.